The third-order valence-corrected chi connectivity index (χ3v) is 4.99. The van der Waals surface area contributed by atoms with Crippen molar-refractivity contribution < 1.29 is 14.6 Å². The van der Waals surface area contributed by atoms with Crippen LogP contribution in [0.1, 0.15) is 32.3 Å². The van der Waals surface area contributed by atoms with E-state index in [1.807, 2.05) is 31.2 Å². The topological polar surface area (TPSA) is 61.8 Å². The predicted molar refractivity (Wildman–Crippen MR) is 95.2 cm³/mol. The van der Waals surface area contributed by atoms with Crippen LogP contribution in [0.4, 0.5) is 0 Å². The molecule has 0 aliphatic carbocycles. The number of piperidine rings is 1. The van der Waals surface area contributed by atoms with E-state index >= 15 is 0 Å². The molecule has 1 aliphatic rings. The van der Waals surface area contributed by atoms with Crippen LogP contribution in [0.15, 0.2) is 24.3 Å². The molecule has 0 aromatic heterocycles. The Hall–Kier alpha value is -1.59. The van der Waals surface area contributed by atoms with Crippen LogP contribution in [0, 0.1) is 5.41 Å². The number of carbonyl (C=O) groups is 1. The molecule has 1 aromatic carbocycles. The van der Waals surface area contributed by atoms with E-state index in [2.05, 4.69) is 17.1 Å². The van der Waals surface area contributed by atoms with E-state index in [0.29, 0.717) is 6.54 Å². The Balaban J connectivity index is 1.78. The van der Waals surface area contributed by atoms with Gasteiger partial charge < -0.3 is 15.2 Å². The second-order valence-electron chi connectivity index (χ2n) is 7.11. The number of amides is 1. The average molecular weight is 334 g/mol. The molecule has 5 heteroatoms. The summed E-state index contributed by atoms with van der Waals surface area (Å²) in [7, 11) is 1.65. The highest BCUT2D eigenvalue weighted by Gasteiger charge is 2.34. The van der Waals surface area contributed by atoms with Crippen LogP contribution in [-0.2, 0) is 11.2 Å². The van der Waals surface area contributed by atoms with Gasteiger partial charge in [0.05, 0.1) is 13.2 Å². The second kappa shape index (κ2) is 8.49. The van der Waals surface area contributed by atoms with E-state index < -0.39 is 0 Å². The number of carbonyl (C=O) groups excluding carboxylic acids is 1. The molecule has 0 spiro atoms. The largest absolute Gasteiger partial charge is 0.497 e. The Morgan fingerprint density at radius 2 is 2.12 bits per heavy atom. The van der Waals surface area contributed by atoms with E-state index in [1.54, 1.807) is 7.11 Å². The van der Waals surface area contributed by atoms with E-state index in [0.717, 1.165) is 38.1 Å². The number of hydrogen-bond donors (Lipinski definition) is 2. The number of nitrogens with zero attached hydrogens (tertiary/aromatic N) is 1. The molecule has 5 nitrogen and oxygen atoms in total. The fourth-order valence-corrected chi connectivity index (χ4v) is 3.25. The Bertz CT molecular complexity index is 532. The van der Waals surface area contributed by atoms with E-state index in [1.165, 1.54) is 5.56 Å². The molecule has 1 saturated heterocycles. The van der Waals surface area contributed by atoms with Crippen LogP contribution >= 0.6 is 0 Å². The van der Waals surface area contributed by atoms with Crippen LogP contribution in [0.2, 0.25) is 0 Å². The quantitative estimate of drug-likeness (QED) is 0.799. The first-order valence-corrected chi connectivity index (χ1v) is 8.73. The fraction of sp³-hybridized carbons (Fsp3) is 0.632. The molecule has 1 aliphatic heterocycles. The summed E-state index contributed by atoms with van der Waals surface area (Å²) in [6.07, 6.45) is 2.85. The number of nitrogens with one attached hydrogen (secondary N) is 1. The van der Waals surface area contributed by atoms with Gasteiger partial charge in [-0.25, -0.2) is 0 Å². The first-order chi connectivity index (χ1) is 11.5. The molecule has 134 valence electrons. The number of aliphatic hydroxyl groups excluding tert-OH is 1. The van der Waals surface area contributed by atoms with E-state index in [4.69, 9.17) is 4.74 Å². The van der Waals surface area contributed by atoms with Crippen molar-refractivity contribution in [3.8, 4) is 5.75 Å². The van der Waals surface area contributed by atoms with Crippen molar-refractivity contribution in [1.29, 1.82) is 0 Å². The molecule has 24 heavy (non-hydrogen) atoms. The van der Waals surface area contributed by atoms with Gasteiger partial charge in [-0.15, -0.1) is 0 Å². The van der Waals surface area contributed by atoms with E-state index in [-0.39, 0.29) is 24.0 Å². The minimum Gasteiger partial charge on any atom is -0.497 e. The van der Waals surface area contributed by atoms with Gasteiger partial charge >= 0.3 is 0 Å². The molecule has 1 aromatic rings. The van der Waals surface area contributed by atoms with Crippen LogP contribution in [-0.4, -0.2) is 55.3 Å². The highest BCUT2D eigenvalue weighted by atomic mass is 16.5. The van der Waals surface area contributed by atoms with Crippen LogP contribution in [0.3, 0.4) is 0 Å². The number of likely N-dealkylation sites (tertiary alicyclic amines) is 1. The minimum atomic E-state index is -0.160. The third kappa shape index (κ3) is 4.95. The number of benzene rings is 1. The lowest BCUT2D eigenvalue weighted by molar-refractivity contribution is -0.127. The lowest BCUT2D eigenvalue weighted by Gasteiger charge is -2.41. The molecule has 2 unspecified atom stereocenters. The first kappa shape index (κ1) is 18.7. The lowest BCUT2D eigenvalue weighted by Crippen LogP contribution is -2.52. The Labute approximate surface area is 145 Å². The molecule has 0 saturated carbocycles. The Morgan fingerprint density at radius 1 is 1.42 bits per heavy atom. The van der Waals surface area contributed by atoms with Gasteiger partial charge in [-0.1, -0.05) is 19.1 Å². The maximum atomic E-state index is 12.4. The molecule has 2 atom stereocenters. The molecule has 1 amide bonds. The highest BCUT2D eigenvalue weighted by molar-refractivity contribution is 5.81. The summed E-state index contributed by atoms with van der Waals surface area (Å²) in [4.78, 5) is 14.6. The van der Waals surface area contributed by atoms with Gasteiger partial charge in [0.15, 0.2) is 0 Å². The number of methoxy groups -OCH3 is 1. The van der Waals surface area contributed by atoms with Crippen molar-refractivity contribution >= 4 is 5.91 Å². The average Bonchev–Trinajstić information content (AvgIpc) is 2.61. The van der Waals surface area contributed by atoms with Crippen molar-refractivity contribution in [2.75, 3.05) is 33.4 Å². The summed E-state index contributed by atoms with van der Waals surface area (Å²) in [5.41, 5.74) is 1.09. The maximum absolute atomic E-state index is 12.4. The summed E-state index contributed by atoms with van der Waals surface area (Å²) in [6.45, 7) is 6.54. The van der Waals surface area contributed by atoms with Gasteiger partial charge in [0.25, 0.3) is 0 Å². The monoisotopic (exact) mass is 334 g/mol. The Kier molecular flexibility index (Phi) is 6.63. The van der Waals surface area contributed by atoms with Crippen LogP contribution < -0.4 is 10.1 Å². The summed E-state index contributed by atoms with van der Waals surface area (Å²) in [5.74, 6) is 0.902. The van der Waals surface area contributed by atoms with Gasteiger partial charge in [-0.3, -0.25) is 9.69 Å². The summed E-state index contributed by atoms with van der Waals surface area (Å²) < 4.78 is 5.14. The molecule has 1 heterocycles. The van der Waals surface area contributed by atoms with Gasteiger partial charge in [-0.05, 0) is 50.4 Å². The minimum absolute atomic E-state index is 0.0608. The number of rotatable bonds is 7. The van der Waals surface area contributed by atoms with Gasteiger partial charge in [-0.2, -0.15) is 0 Å². The van der Waals surface area contributed by atoms with Crippen molar-refractivity contribution in [1.82, 2.24) is 10.2 Å². The van der Waals surface area contributed by atoms with Crippen molar-refractivity contribution in [3.05, 3.63) is 29.8 Å². The summed E-state index contributed by atoms with van der Waals surface area (Å²) in [5, 5.41) is 12.6. The molecular formula is C19H30N2O3. The molecule has 2 rings (SSSR count). The third-order valence-electron chi connectivity index (χ3n) is 4.99. The van der Waals surface area contributed by atoms with Crippen molar-refractivity contribution in [2.45, 2.75) is 39.2 Å². The zero-order valence-corrected chi connectivity index (χ0v) is 15.0. The second-order valence-corrected chi connectivity index (χ2v) is 7.11. The lowest BCUT2D eigenvalue weighted by atomic mass is 9.82. The van der Waals surface area contributed by atoms with Crippen molar-refractivity contribution in [3.63, 3.8) is 0 Å². The Morgan fingerprint density at radius 3 is 2.75 bits per heavy atom. The zero-order chi connectivity index (χ0) is 17.6. The maximum Gasteiger partial charge on any atom is 0.237 e. The van der Waals surface area contributed by atoms with Crippen LogP contribution in [0.5, 0.6) is 5.75 Å². The van der Waals surface area contributed by atoms with Gasteiger partial charge in [0, 0.05) is 25.1 Å². The molecule has 2 N–H and O–H groups in total. The molecular weight excluding hydrogens is 304 g/mol. The number of aliphatic hydroxyl groups is 1. The SMILES string of the molecule is COc1ccc(CCNC(=O)C(C)N2CCCC(C)(CO)C2)cc1. The summed E-state index contributed by atoms with van der Waals surface area (Å²) in [6, 6.07) is 7.75. The molecule has 1 fully saturated rings. The first-order valence-electron chi connectivity index (χ1n) is 8.73. The predicted octanol–water partition coefficient (Wildman–Crippen LogP) is 1.84. The summed E-state index contributed by atoms with van der Waals surface area (Å²) >= 11 is 0. The molecule has 0 radical (unpaired) electrons. The standard InChI is InChI=1S/C19H30N2O3/c1-15(21-12-4-10-19(2,13-21)14-22)18(23)20-11-9-16-5-7-17(24-3)8-6-16/h5-8,15,22H,4,9-14H2,1-3H3,(H,20,23). The normalized spacial score (nSPS) is 22.8. The number of hydrogen-bond acceptors (Lipinski definition) is 4. The van der Waals surface area contributed by atoms with Crippen molar-refractivity contribution in [2.24, 2.45) is 5.41 Å². The number of ether oxygens (including phenoxy) is 1. The van der Waals surface area contributed by atoms with E-state index in [9.17, 15) is 9.90 Å². The van der Waals surface area contributed by atoms with Gasteiger partial charge in [0.2, 0.25) is 5.91 Å². The smallest absolute Gasteiger partial charge is 0.237 e. The highest BCUT2D eigenvalue weighted by Crippen LogP contribution is 2.29. The van der Waals surface area contributed by atoms with Gasteiger partial charge in [0.1, 0.15) is 5.75 Å². The molecule has 0 bridgehead atoms. The fourth-order valence-electron chi connectivity index (χ4n) is 3.25. The van der Waals surface area contributed by atoms with Crippen LogP contribution in [0.25, 0.3) is 0 Å². The zero-order valence-electron chi connectivity index (χ0n) is 15.0.